The van der Waals surface area contributed by atoms with E-state index in [4.69, 9.17) is 19.8 Å². The average Bonchev–Trinajstić information content (AvgIpc) is 0.902. The lowest BCUT2D eigenvalue weighted by Crippen LogP contribution is -2.42. The Morgan fingerprint density at radius 2 is 0.800 bits per heavy atom. The number of amides is 3. The number of ether oxygens (including phenoxy) is 1. The van der Waals surface area contributed by atoms with Gasteiger partial charge in [0.05, 0.1) is 33.1 Å². The van der Waals surface area contributed by atoms with Crippen molar-refractivity contribution >= 4 is 166 Å². The van der Waals surface area contributed by atoms with Gasteiger partial charge in [0.15, 0.2) is 0 Å². The molecule has 2 saturated carbocycles. The number of anilines is 9. The summed E-state index contributed by atoms with van der Waals surface area (Å²) in [6.45, 7) is 11.2. The van der Waals surface area contributed by atoms with Crippen LogP contribution in [0.5, 0.6) is 0 Å². The molecular formula is C100H108ClN11O9S4. The monoisotopic (exact) mass is 1770 g/mol. The van der Waals surface area contributed by atoms with Gasteiger partial charge in [-0.2, -0.15) is 8.42 Å². The number of thioether (sulfide) groups is 3. The molecule has 20 nitrogen and oxygen atoms in total. The van der Waals surface area contributed by atoms with E-state index in [2.05, 4.69) is 71.1 Å². The van der Waals surface area contributed by atoms with Gasteiger partial charge < -0.3 is 52.4 Å². The van der Waals surface area contributed by atoms with E-state index in [1.54, 1.807) is 72.0 Å². The Morgan fingerprint density at radius 1 is 0.440 bits per heavy atom. The summed E-state index contributed by atoms with van der Waals surface area (Å²) >= 11 is 5.76. The third-order valence-corrected chi connectivity index (χ3v) is 26.7. The highest BCUT2D eigenvalue weighted by Crippen LogP contribution is 2.37. The van der Waals surface area contributed by atoms with Crippen LogP contribution in [0.1, 0.15) is 147 Å². The number of pyridine rings is 3. The van der Waals surface area contributed by atoms with E-state index in [1.807, 2.05) is 251 Å². The lowest BCUT2D eigenvalue weighted by Gasteiger charge is -2.33. The first-order valence-corrected chi connectivity index (χ1v) is 46.4. The Labute approximate surface area is 751 Å². The average molecular weight is 1770 g/mol. The lowest BCUT2D eigenvalue weighted by atomic mass is 9.98. The topological polar surface area (TPSA) is 281 Å². The molecule has 17 rings (SSSR count). The Balaban J connectivity index is 0.000000150. The van der Waals surface area contributed by atoms with E-state index >= 15 is 0 Å². The SMILES string of the molecule is CC(C)(C)OC(=O)N1CCC(Sc2ccc(NC(=O)c3ccc(Nc4ccnc5ccccc45)cc3)cc2)CC1.Cc1ccc(S(=O)(=O)OC2CCCCC2)cc1.Cl.Nc1ccc(SC2CCCCC2)cc1.O=C(Nc1ccc(SC2CCNCC2)cc1)c1ccc(Nc2ccnc3ccccc23)cc1.O=C(O)c1ccc(Nc2ccnc3ccccc23)cc1. The Bertz CT molecular complexity index is 5760. The number of carbonyl (C=O) groups excluding carboxylic acids is 3. The van der Waals surface area contributed by atoms with Crippen LogP contribution in [-0.4, -0.2) is 111 Å². The number of nitrogens with one attached hydrogen (secondary N) is 6. The van der Waals surface area contributed by atoms with Crippen LogP contribution in [0.3, 0.4) is 0 Å². The molecule has 0 spiro atoms. The van der Waals surface area contributed by atoms with Gasteiger partial charge in [-0.25, -0.2) is 9.59 Å². The maximum atomic E-state index is 12.8. The lowest BCUT2D eigenvalue weighted by molar-refractivity contribution is 0.0218. The molecule has 4 fully saturated rings. The number of carbonyl (C=O) groups is 4. The number of likely N-dealkylation sites (tertiary alicyclic amines) is 1. The number of aromatic nitrogens is 3. The van der Waals surface area contributed by atoms with Gasteiger partial charge in [0, 0.05) is 141 Å². The van der Waals surface area contributed by atoms with Crippen molar-refractivity contribution < 1.29 is 41.6 Å². The Kier molecular flexibility index (Phi) is 34.1. The van der Waals surface area contributed by atoms with Crippen LogP contribution in [0.15, 0.2) is 299 Å². The molecule has 125 heavy (non-hydrogen) atoms. The standard InChI is InChI=1S/C32H34N4O3S.C27H26N4OS.C16H12N2O2.C13H18O3S.C12H17NS.ClH/c1-32(2,3)39-31(38)36-20-17-26(18-21-36)40-25-14-12-24(13-15-25)35-30(37)22-8-10-23(11-9-22)34-29-16-19-33-28-7-5-4-6-27(28)29;32-27(31-21-9-11-22(12-10-21)33-23-13-16-28-17-14-23)19-5-7-20(8-6-19)30-26-15-18-29-25-4-2-1-3-24(25)26;19-16(20)11-5-7-12(8-6-11)18-15-9-10-17-14-4-2-1-3-13(14)15;1-11-7-9-13(10-8-11)17(14,15)16-12-5-3-2-4-6-12;13-10-6-8-12(9-7-10)14-11-4-2-1-3-5-11;/h4-16,19,26H,17-18,20-21H2,1-3H3,(H,33,34)(H,35,37);1-12,15,18,23,28H,13-14,16-17H2,(H,29,30)(H,31,32);1-10H,(H,17,18)(H,19,20);7-10,12H,2-6H2,1H3;6-9,11H,1-5,13H2;1H. The molecule has 0 atom stereocenters. The first kappa shape index (κ1) is 92.7. The predicted molar refractivity (Wildman–Crippen MR) is 516 cm³/mol. The fourth-order valence-corrected chi connectivity index (χ4v) is 19.3. The van der Waals surface area contributed by atoms with Gasteiger partial charge in [0.1, 0.15) is 5.60 Å². The number of piperidine rings is 2. The number of hydrogen-bond acceptors (Lipinski definition) is 19. The van der Waals surface area contributed by atoms with Gasteiger partial charge in [-0.1, -0.05) is 111 Å². The van der Waals surface area contributed by atoms with Crippen LogP contribution in [-0.2, 0) is 19.0 Å². The van der Waals surface area contributed by atoms with Crippen molar-refractivity contribution in [1.29, 1.82) is 0 Å². The van der Waals surface area contributed by atoms with Gasteiger partial charge in [-0.05, 0) is 286 Å². The van der Waals surface area contributed by atoms with Crippen molar-refractivity contribution in [3.8, 4) is 0 Å². The normalized spacial score (nSPS) is 14.4. The summed E-state index contributed by atoms with van der Waals surface area (Å²) < 4.78 is 34.7. The number of aromatic carboxylic acids is 1. The van der Waals surface area contributed by atoms with Crippen LogP contribution in [0.25, 0.3) is 32.7 Å². The van der Waals surface area contributed by atoms with Gasteiger partial charge >= 0.3 is 12.1 Å². The quantitative estimate of drug-likeness (QED) is 0.0260. The van der Waals surface area contributed by atoms with Crippen LogP contribution < -0.4 is 37.6 Å². The fourth-order valence-electron chi connectivity index (χ4n) is 14.6. The number of aryl methyl sites for hydroxylation is 1. The van der Waals surface area contributed by atoms with Gasteiger partial charge in [0.2, 0.25) is 0 Å². The number of carboxylic acids is 1. The molecule has 2 aliphatic heterocycles. The fraction of sp³-hybridized carbons (Fsp3) is 0.270. The molecule has 2 saturated heterocycles. The van der Waals surface area contributed by atoms with E-state index in [9.17, 15) is 27.6 Å². The van der Waals surface area contributed by atoms with Crippen LogP contribution >= 0.6 is 47.7 Å². The number of para-hydroxylation sites is 3. The molecule has 0 radical (unpaired) electrons. The minimum atomic E-state index is -3.58. The zero-order chi connectivity index (χ0) is 86.6. The van der Waals surface area contributed by atoms with Crippen molar-refractivity contribution in [1.82, 2.24) is 25.2 Å². The second-order valence-electron chi connectivity index (χ2n) is 31.9. The van der Waals surface area contributed by atoms with E-state index in [0.717, 1.165) is 151 Å². The third kappa shape index (κ3) is 28.5. The number of nitrogens with zero attached hydrogens (tertiary/aromatic N) is 4. The van der Waals surface area contributed by atoms with Gasteiger partial charge in [-0.15, -0.1) is 47.7 Å². The molecule has 13 aromatic rings. The van der Waals surface area contributed by atoms with Crippen molar-refractivity contribution in [2.75, 3.05) is 58.5 Å². The summed E-state index contributed by atoms with van der Waals surface area (Å²) in [4.78, 5) is 67.6. The molecule has 2 aliphatic carbocycles. The highest BCUT2D eigenvalue weighted by Gasteiger charge is 2.29. The molecule has 3 amide bonds. The first-order valence-electron chi connectivity index (χ1n) is 42.4. The number of fused-ring (bicyclic) bond motifs is 3. The number of halogens is 1. The van der Waals surface area contributed by atoms with Crippen LogP contribution in [0.4, 0.5) is 56.0 Å². The van der Waals surface area contributed by atoms with E-state index in [0.29, 0.717) is 34.7 Å². The molecular weight excluding hydrogens is 1660 g/mol. The third-order valence-electron chi connectivity index (χ3n) is 21.3. The van der Waals surface area contributed by atoms with Crippen molar-refractivity contribution in [2.45, 2.75) is 165 Å². The molecule has 0 unspecified atom stereocenters. The van der Waals surface area contributed by atoms with E-state index < -0.39 is 21.7 Å². The Hall–Kier alpha value is -11.5. The molecule has 0 bridgehead atoms. The van der Waals surface area contributed by atoms with Crippen LogP contribution in [0.2, 0.25) is 0 Å². The largest absolute Gasteiger partial charge is 0.478 e. The minimum Gasteiger partial charge on any atom is -0.478 e. The van der Waals surface area contributed by atoms with Crippen LogP contribution in [0, 0.1) is 6.92 Å². The van der Waals surface area contributed by atoms with E-state index in [-0.39, 0.29) is 46.9 Å². The number of hydrogen-bond donors (Lipinski definition) is 8. The highest BCUT2D eigenvalue weighted by atomic mass is 35.5. The summed E-state index contributed by atoms with van der Waals surface area (Å²) in [6, 6.07) is 82.3. The number of benzene rings is 10. The summed E-state index contributed by atoms with van der Waals surface area (Å²) in [5, 5.41) is 33.5. The first-order chi connectivity index (χ1) is 60.1. The zero-order valence-electron chi connectivity index (χ0n) is 70.7. The van der Waals surface area contributed by atoms with Gasteiger partial charge in [0.25, 0.3) is 21.9 Å². The second kappa shape index (κ2) is 45.9. The highest BCUT2D eigenvalue weighted by molar-refractivity contribution is 8.00. The second-order valence-corrected chi connectivity index (χ2v) is 37.6. The molecule has 10 aromatic carbocycles. The number of nitrogens with two attached hydrogens (primary N) is 1. The smallest absolute Gasteiger partial charge is 0.410 e. The summed E-state index contributed by atoms with van der Waals surface area (Å²) in [5.41, 5.74) is 18.4. The van der Waals surface area contributed by atoms with Crippen molar-refractivity contribution in [3.63, 3.8) is 0 Å². The summed E-state index contributed by atoms with van der Waals surface area (Å²) in [7, 11) is -3.58. The maximum Gasteiger partial charge on any atom is 0.410 e. The zero-order valence-corrected chi connectivity index (χ0v) is 74.8. The minimum absolute atomic E-state index is 0. The van der Waals surface area contributed by atoms with Gasteiger partial charge in [-0.3, -0.25) is 28.7 Å². The molecule has 648 valence electrons. The number of nitrogen functional groups attached to an aromatic ring is 1. The van der Waals surface area contributed by atoms with Crippen molar-refractivity contribution in [2.24, 2.45) is 0 Å². The molecule has 5 heterocycles. The molecule has 4 aliphatic rings. The van der Waals surface area contributed by atoms with Crippen molar-refractivity contribution in [3.05, 3.63) is 302 Å². The number of rotatable bonds is 20. The van der Waals surface area contributed by atoms with E-state index in [1.165, 1.54) is 61.2 Å². The molecule has 3 aromatic heterocycles. The molecule has 25 heteroatoms. The Morgan fingerprint density at radius 3 is 1.20 bits per heavy atom. The summed E-state index contributed by atoms with van der Waals surface area (Å²) in [5.74, 6) is -1.20. The molecule has 9 N–H and O–H groups in total. The maximum absolute atomic E-state index is 12.8. The number of carboxylic acid groups (broad SMARTS) is 1. The summed E-state index contributed by atoms with van der Waals surface area (Å²) in [6.07, 6.45) is 21.2. The predicted octanol–water partition coefficient (Wildman–Crippen LogP) is 24.6.